The molecule has 0 aliphatic carbocycles. The summed E-state index contributed by atoms with van der Waals surface area (Å²) in [7, 11) is 0. The van der Waals surface area contributed by atoms with Gasteiger partial charge in [-0.3, -0.25) is 4.90 Å². The molecule has 0 spiro atoms. The van der Waals surface area contributed by atoms with Gasteiger partial charge < -0.3 is 10.1 Å². The zero-order valence-electron chi connectivity index (χ0n) is 14.0. The molecule has 0 aromatic rings. The van der Waals surface area contributed by atoms with Gasteiger partial charge in [-0.1, -0.05) is 20.8 Å². The predicted molar refractivity (Wildman–Crippen MR) is 82.5 cm³/mol. The summed E-state index contributed by atoms with van der Waals surface area (Å²) < 4.78 is 5.99. The lowest BCUT2D eigenvalue weighted by molar-refractivity contribution is -0.140. The molecule has 3 atom stereocenters. The summed E-state index contributed by atoms with van der Waals surface area (Å²) in [6.45, 7) is 20.1. The molecule has 1 aliphatic heterocycles. The van der Waals surface area contributed by atoms with Gasteiger partial charge in [-0.2, -0.15) is 0 Å². The lowest BCUT2D eigenvalue weighted by atomic mass is 9.97. The summed E-state index contributed by atoms with van der Waals surface area (Å²) >= 11 is 0. The van der Waals surface area contributed by atoms with Crippen molar-refractivity contribution in [2.75, 3.05) is 26.2 Å². The molecule has 0 radical (unpaired) electrons. The third-order valence-electron chi connectivity index (χ3n) is 4.01. The van der Waals surface area contributed by atoms with Gasteiger partial charge in [0.25, 0.3) is 0 Å². The van der Waals surface area contributed by atoms with E-state index in [0.717, 1.165) is 32.1 Å². The van der Waals surface area contributed by atoms with Crippen LogP contribution < -0.4 is 5.32 Å². The lowest BCUT2D eigenvalue weighted by Gasteiger charge is -2.45. The van der Waals surface area contributed by atoms with E-state index in [1.54, 1.807) is 0 Å². The highest BCUT2D eigenvalue weighted by Gasteiger charge is 2.34. The second-order valence-electron chi connectivity index (χ2n) is 7.39. The number of hydrogen-bond acceptors (Lipinski definition) is 3. The standard InChI is InChI=1S/C16H34N2O/c1-12(2)8-17-9-13(3)15(5)18-10-14(4)19-16(6,7)11-18/h12-15,17H,8-11H2,1-7H3. The highest BCUT2D eigenvalue weighted by molar-refractivity contribution is 4.87. The van der Waals surface area contributed by atoms with E-state index in [9.17, 15) is 0 Å². The molecule has 1 heterocycles. The molecule has 0 saturated carbocycles. The quantitative estimate of drug-likeness (QED) is 0.803. The van der Waals surface area contributed by atoms with Crippen molar-refractivity contribution in [1.82, 2.24) is 10.2 Å². The molecule has 19 heavy (non-hydrogen) atoms. The van der Waals surface area contributed by atoms with Crippen molar-refractivity contribution in [2.24, 2.45) is 11.8 Å². The first-order valence-electron chi connectivity index (χ1n) is 7.84. The first-order chi connectivity index (χ1) is 8.71. The number of morpholine rings is 1. The molecule has 3 unspecified atom stereocenters. The third-order valence-corrected chi connectivity index (χ3v) is 4.01. The van der Waals surface area contributed by atoms with Crippen molar-refractivity contribution < 1.29 is 4.74 Å². The molecule has 0 aromatic heterocycles. The summed E-state index contributed by atoms with van der Waals surface area (Å²) in [5.74, 6) is 1.39. The smallest absolute Gasteiger partial charge is 0.0757 e. The van der Waals surface area contributed by atoms with Crippen LogP contribution in [0.3, 0.4) is 0 Å². The van der Waals surface area contributed by atoms with Crippen LogP contribution in [-0.4, -0.2) is 48.8 Å². The van der Waals surface area contributed by atoms with Crippen LogP contribution in [0, 0.1) is 11.8 Å². The van der Waals surface area contributed by atoms with Crippen LogP contribution in [0.4, 0.5) is 0 Å². The third kappa shape index (κ3) is 5.80. The molecule has 3 nitrogen and oxygen atoms in total. The molecule has 0 amide bonds. The fourth-order valence-corrected chi connectivity index (χ4v) is 2.94. The maximum absolute atomic E-state index is 5.99. The van der Waals surface area contributed by atoms with Crippen molar-refractivity contribution in [1.29, 1.82) is 0 Å². The zero-order valence-corrected chi connectivity index (χ0v) is 14.0. The minimum Gasteiger partial charge on any atom is -0.370 e. The number of nitrogens with one attached hydrogen (secondary N) is 1. The molecule has 1 rings (SSSR count). The topological polar surface area (TPSA) is 24.5 Å². The Hall–Kier alpha value is -0.120. The Morgan fingerprint density at radius 2 is 1.84 bits per heavy atom. The Balaban J connectivity index is 2.44. The molecule has 3 heteroatoms. The van der Waals surface area contributed by atoms with Crippen LogP contribution in [0.2, 0.25) is 0 Å². The van der Waals surface area contributed by atoms with Gasteiger partial charge in [0, 0.05) is 19.1 Å². The average molecular weight is 270 g/mol. The first-order valence-corrected chi connectivity index (χ1v) is 7.84. The Morgan fingerprint density at radius 1 is 1.21 bits per heavy atom. The molecule has 1 N–H and O–H groups in total. The number of ether oxygens (including phenoxy) is 1. The van der Waals surface area contributed by atoms with Crippen LogP contribution in [0.25, 0.3) is 0 Å². The Bertz CT molecular complexity index is 265. The molecular weight excluding hydrogens is 236 g/mol. The van der Waals surface area contributed by atoms with Crippen LogP contribution in [0.5, 0.6) is 0 Å². The Kier molecular flexibility index (Phi) is 6.28. The highest BCUT2D eigenvalue weighted by atomic mass is 16.5. The van der Waals surface area contributed by atoms with Crippen molar-refractivity contribution in [2.45, 2.75) is 66.2 Å². The van der Waals surface area contributed by atoms with Crippen molar-refractivity contribution in [3.63, 3.8) is 0 Å². The second kappa shape index (κ2) is 7.05. The van der Waals surface area contributed by atoms with E-state index in [0.29, 0.717) is 18.1 Å². The van der Waals surface area contributed by atoms with E-state index in [2.05, 4.69) is 58.7 Å². The van der Waals surface area contributed by atoms with Crippen molar-refractivity contribution in [3.8, 4) is 0 Å². The number of rotatable bonds is 6. The van der Waals surface area contributed by atoms with Crippen LogP contribution in [-0.2, 0) is 4.74 Å². The van der Waals surface area contributed by atoms with E-state index < -0.39 is 0 Å². The number of hydrogen-bond donors (Lipinski definition) is 1. The summed E-state index contributed by atoms with van der Waals surface area (Å²) in [4.78, 5) is 2.59. The maximum atomic E-state index is 5.99. The van der Waals surface area contributed by atoms with Crippen LogP contribution in [0.1, 0.15) is 48.5 Å². The van der Waals surface area contributed by atoms with E-state index in [-0.39, 0.29) is 5.60 Å². The Labute approximate surface area is 120 Å². The minimum absolute atomic E-state index is 0.0169. The minimum atomic E-state index is -0.0169. The molecule has 1 aliphatic rings. The van der Waals surface area contributed by atoms with Gasteiger partial charge in [-0.25, -0.2) is 0 Å². The van der Waals surface area contributed by atoms with Gasteiger partial charge in [0.1, 0.15) is 0 Å². The molecular formula is C16H34N2O. The largest absolute Gasteiger partial charge is 0.370 e. The fraction of sp³-hybridized carbons (Fsp3) is 1.00. The van der Waals surface area contributed by atoms with Gasteiger partial charge in [0.15, 0.2) is 0 Å². The van der Waals surface area contributed by atoms with E-state index in [1.807, 2.05) is 0 Å². The van der Waals surface area contributed by atoms with Crippen LogP contribution in [0.15, 0.2) is 0 Å². The average Bonchev–Trinajstić information content (AvgIpc) is 2.24. The summed E-state index contributed by atoms with van der Waals surface area (Å²) in [6.07, 6.45) is 0.335. The SMILES string of the molecule is CC(C)CNCC(C)C(C)N1CC(C)OC(C)(C)C1. The highest BCUT2D eigenvalue weighted by Crippen LogP contribution is 2.24. The van der Waals surface area contributed by atoms with E-state index in [1.165, 1.54) is 0 Å². The monoisotopic (exact) mass is 270 g/mol. The summed E-state index contributed by atoms with van der Waals surface area (Å²) in [5, 5.41) is 3.58. The van der Waals surface area contributed by atoms with E-state index in [4.69, 9.17) is 4.74 Å². The summed E-state index contributed by atoms with van der Waals surface area (Å²) in [5.41, 5.74) is -0.0169. The maximum Gasteiger partial charge on any atom is 0.0757 e. The molecule has 1 fully saturated rings. The van der Waals surface area contributed by atoms with Gasteiger partial charge >= 0.3 is 0 Å². The van der Waals surface area contributed by atoms with Gasteiger partial charge in [-0.15, -0.1) is 0 Å². The van der Waals surface area contributed by atoms with Gasteiger partial charge in [0.05, 0.1) is 11.7 Å². The molecule has 0 aromatic carbocycles. The summed E-state index contributed by atoms with van der Waals surface area (Å²) in [6, 6.07) is 0.602. The van der Waals surface area contributed by atoms with Gasteiger partial charge in [0.2, 0.25) is 0 Å². The molecule has 1 saturated heterocycles. The van der Waals surface area contributed by atoms with Crippen molar-refractivity contribution in [3.05, 3.63) is 0 Å². The van der Waals surface area contributed by atoms with Gasteiger partial charge in [-0.05, 0) is 52.6 Å². The Morgan fingerprint density at radius 3 is 2.37 bits per heavy atom. The fourth-order valence-electron chi connectivity index (χ4n) is 2.94. The first kappa shape index (κ1) is 16.9. The predicted octanol–water partition coefficient (Wildman–Crippen LogP) is 2.76. The second-order valence-corrected chi connectivity index (χ2v) is 7.39. The van der Waals surface area contributed by atoms with Crippen LogP contribution >= 0.6 is 0 Å². The van der Waals surface area contributed by atoms with Crippen molar-refractivity contribution >= 4 is 0 Å². The van der Waals surface area contributed by atoms with E-state index >= 15 is 0 Å². The number of nitrogens with zero attached hydrogens (tertiary/aromatic N) is 1. The zero-order chi connectivity index (χ0) is 14.6. The lowest BCUT2D eigenvalue weighted by Crippen LogP contribution is -2.56. The molecule has 0 bridgehead atoms. The normalized spacial score (nSPS) is 27.5. The molecule has 114 valence electrons.